The third-order valence-electron chi connectivity index (χ3n) is 1.86. The summed E-state index contributed by atoms with van der Waals surface area (Å²) >= 11 is 0. The second kappa shape index (κ2) is 24.5. The Balaban J connectivity index is -0.000000116. The van der Waals surface area contributed by atoms with Crippen LogP contribution in [0.4, 0.5) is 0 Å². The van der Waals surface area contributed by atoms with E-state index in [1.54, 1.807) is 6.08 Å². The lowest BCUT2D eigenvalue weighted by Crippen LogP contribution is -1.74. The average Bonchev–Trinajstić information content (AvgIpc) is 2.50. The van der Waals surface area contributed by atoms with E-state index >= 15 is 0 Å². The van der Waals surface area contributed by atoms with Crippen LogP contribution in [0.2, 0.25) is 0 Å². The van der Waals surface area contributed by atoms with E-state index in [1.807, 2.05) is 51.1 Å². The van der Waals surface area contributed by atoms with Crippen molar-refractivity contribution in [1.29, 1.82) is 0 Å². The minimum absolute atomic E-state index is 0. The van der Waals surface area contributed by atoms with Crippen LogP contribution < -0.4 is 0 Å². The van der Waals surface area contributed by atoms with Crippen LogP contribution in [0.25, 0.3) is 5.57 Å². The molecule has 22 heavy (non-hydrogen) atoms. The van der Waals surface area contributed by atoms with Gasteiger partial charge in [-0.25, -0.2) is 0 Å². The summed E-state index contributed by atoms with van der Waals surface area (Å²) < 4.78 is 0. The standard InChI is InChI=1S/C10H10.C5H10.C4H10.C2H6.CH4/c1-3-9(2)10-7-5-4-6-8-10;1-3-5-4-2;1-4(2)3;1-2;/h3-8H,1-2H2;3,5H,4H2,1-2H3;4H,1-3H3;1-2H3;1H4/b;5-3+;;;. The minimum atomic E-state index is 0. The lowest BCUT2D eigenvalue weighted by molar-refractivity contribution is 0.737. The molecule has 1 aromatic carbocycles. The van der Waals surface area contributed by atoms with Crippen LogP contribution in [0.5, 0.6) is 0 Å². The molecule has 0 bridgehead atoms. The van der Waals surface area contributed by atoms with Crippen molar-refractivity contribution in [3.05, 3.63) is 67.3 Å². The van der Waals surface area contributed by atoms with Gasteiger partial charge >= 0.3 is 0 Å². The summed E-state index contributed by atoms with van der Waals surface area (Å²) in [7, 11) is 0. The normalized spacial score (nSPS) is 8.18. The maximum Gasteiger partial charge on any atom is -0.0190 e. The third-order valence-corrected chi connectivity index (χ3v) is 1.86. The van der Waals surface area contributed by atoms with Gasteiger partial charge in [0.05, 0.1) is 0 Å². The monoisotopic (exact) mass is 304 g/mol. The van der Waals surface area contributed by atoms with Crippen molar-refractivity contribution >= 4 is 5.57 Å². The zero-order valence-electron chi connectivity index (χ0n) is 15.3. The van der Waals surface area contributed by atoms with Crippen molar-refractivity contribution < 1.29 is 0 Å². The van der Waals surface area contributed by atoms with Gasteiger partial charge in [-0.15, -0.1) is 0 Å². The molecule has 0 aliphatic carbocycles. The number of hydrogen-bond acceptors (Lipinski definition) is 0. The molecule has 0 heteroatoms. The topological polar surface area (TPSA) is 0 Å². The van der Waals surface area contributed by atoms with Crippen molar-refractivity contribution in [2.45, 2.75) is 62.3 Å². The highest BCUT2D eigenvalue weighted by Gasteiger charge is 1.88. The maximum absolute atomic E-state index is 3.83. The Morgan fingerprint density at radius 3 is 1.73 bits per heavy atom. The first kappa shape index (κ1) is 28.6. The Bertz CT molecular complexity index is 339. The number of rotatable bonds is 3. The summed E-state index contributed by atoms with van der Waals surface area (Å²) in [6.07, 6.45) is 7.10. The van der Waals surface area contributed by atoms with Crippen LogP contribution in [0.15, 0.2) is 61.7 Å². The van der Waals surface area contributed by atoms with E-state index in [0.29, 0.717) is 0 Å². The van der Waals surface area contributed by atoms with Crippen LogP contribution in [0, 0.1) is 5.92 Å². The Morgan fingerprint density at radius 1 is 1.09 bits per heavy atom. The van der Waals surface area contributed by atoms with Gasteiger partial charge in [0.15, 0.2) is 0 Å². The van der Waals surface area contributed by atoms with Crippen molar-refractivity contribution in [3.63, 3.8) is 0 Å². The van der Waals surface area contributed by atoms with Gasteiger partial charge in [-0.3, -0.25) is 0 Å². The molecule has 1 rings (SSSR count). The van der Waals surface area contributed by atoms with E-state index in [-0.39, 0.29) is 7.43 Å². The highest BCUT2D eigenvalue weighted by atomic mass is 13.9. The Kier molecular flexibility index (Phi) is 31.8. The van der Waals surface area contributed by atoms with E-state index in [1.165, 1.54) is 0 Å². The molecular weight excluding hydrogens is 264 g/mol. The Hall–Kier alpha value is -1.56. The first-order valence-corrected chi connectivity index (χ1v) is 7.97. The van der Waals surface area contributed by atoms with Crippen LogP contribution >= 0.6 is 0 Å². The fourth-order valence-corrected chi connectivity index (χ4v) is 1.01. The fourth-order valence-electron chi connectivity index (χ4n) is 1.01. The van der Waals surface area contributed by atoms with Gasteiger partial charge in [0, 0.05) is 0 Å². The van der Waals surface area contributed by atoms with Crippen LogP contribution in [-0.2, 0) is 0 Å². The number of allylic oxidation sites excluding steroid dienone is 4. The molecule has 0 nitrogen and oxygen atoms in total. The largest absolute Gasteiger partial charge is 0.0985 e. The second-order valence-corrected chi connectivity index (χ2v) is 4.80. The van der Waals surface area contributed by atoms with Gasteiger partial charge in [-0.2, -0.15) is 0 Å². The van der Waals surface area contributed by atoms with Gasteiger partial charge < -0.3 is 0 Å². The molecule has 1 aromatic rings. The predicted octanol–water partition coefficient (Wildman–Crippen LogP) is 8.18. The van der Waals surface area contributed by atoms with Crippen molar-refractivity contribution in [2.24, 2.45) is 5.92 Å². The maximum atomic E-state index is 3.83. The minimum Gasteiger partial charge on any atom is -0.0985 e. The molecular formula is C22H40. The van der Waals surface area contributed by atoms with E-state index in [9.17, 15) is 0 Å². The molecule has 0 saturated carbocycles. The molecule has 0 saturated heterocycles. The van der Waals surface area contributed by atoms with E-state index in [4.69, 9.17) is 0 Å². The average molecular weight is 305 g/mol. The highest BCUT2D eigenvalue weighted by molar-refractivity contribution is 5.71. The van der Waals surface area contributed by atoms with Gasteiger partial charge in [0.1, 0.15) is 0 Å². The summed E-state index contributed by atoms with van der Waals surface area (Å²) in [6.45, 7) is 22.1. The second-order valence-electron chi connectivity index (χ2n) is 4.80. The lowest BCUT2D eigenvalue weighted by Gasteiger charge is -1.96. The molecule has 0 spiro atoms. The first-order valence-electron chi connectivity index (χ1n) is 7.97. The van der Waals surface area contributed by atoms with Crippen molar-refractivity contribution in [3.8, 4) is 0 Å². The van der Waals surface area contributed by atoms with Crippen molar-refractivity contribution in [2.75, 3.05) is 0 Å². The third kappa shape index (κ3) is 26.9. The Labute approximate surface area is 141 Å². The van der Waals surface area contributed by atoms with Crippen LogP contribution in [0.3, 0.4) is 0 Å². The molecule has 0 radical (unpaired) electrons. The smallest absolute Gasteiger partial charge is 0.0190 e. The number of hydrogen-bond donors (Lipinski definition) is 0. The highest BCUT2D eigenvalue weighted by Crippen LogP contribution is 2.10. The van der Waals surface area contributed by atoms with E-state index in [0.717, 1.165) is 23.5 Å². The van der Waals surface area contributed by atoms with Gasteiger partial charge in [0.2, 0.25) is 0 Å². The predicted molar refractivity (Wildman–Crippen MR) is 109 cm³/mol. The lowest BCUT2D eigenvalue weighted by atomic mass is 10.1. The molecule has 0 atom stereocenters. The van der Waals surface area contributed by atoms with Crippen LogP contribution in [-0.4, -0.2) is 0 Å². The zero-order chi connectivity index (χ0) is 17.1. The summed E-state index contributed by atoms with van der Waals surface area (Å²) in [5, 5.41) is 0. The summed E-state index contributed by atoms with van der Waals surface area (Å²) in [6, 6.07) is 10.0. The van der Waals surface area contributed by atoms with Gasteiger partial charge in [-0.1, -0.05) is 111 Å². The summed E-state index contributed by atoms with van der Waals surface area (Å²) in [5.41, 5.74) is 2.11. The van der Waals surface area contributed by atoms with Gasteiger partial charge in [-0.05, 0) is 30.4 Å². The fraction of sp³-hybridized carbons (Fsp3) is 0.455. The zero-order valence-corrected chi connectivity index (χ0v) is 15.3. The Morgan fingerprint density at radius 2 is 1.50 bits per heavy atom. The molecule has 0 aliphatic rings. The first-order chi connectivity index (χ1) is 9.99. The molecule has 0 aromatic heterocycles. The molecule has 128 valence electrons. The molecule has 0 fully saturated rings. The summed E-state index contributed by atoms with van der Waals surface area (Å²) in [4.78, 5) is 0. The molecule has 0 unspecified atom stereocenters. The molecule has 0 heterocycles. The van der Waals surface area contributed by atoms with Gasteiger partial charge in [0.25, 0.3) is 0 Å². The number of benzene rings is 1. The van der Waals surface area contributed by atoms with E-state index in [2.05, 4.69) is 53.0 Å². The van der Waals surface area contributed by atoms with Crippen LogP contribution in [0.1, 0.15) is 67.9 Å². The molecule has 0 amide bonds. The molecule has 0 aliphatic heterocycles. The summed E-state index contributed by atoms with van der Waals surface area (Å²) in [5.74, 6) is 0.833. The van der Waals surface area contributed by atoms with E-state index < -0.39 is 0 Å². The SMILES string of the molecule is C.C/C=C/CC.C=CC(=C)c1ccccc1.CC.CC(C)C. The quantitative estimate of drug-likeness (QED) is 0.390. The van der Waals surface area contributed by atoms with Crippen molar-refractivity contribution in [1.82, 2.24) is 0 Å². The molecule has 0 N–H and O–H groups in total.